The monoisotopic (exact) mass is 325 g/mol. The number of hydrogen-bond acceptors (Lipinski definition) is 5. The number of rotatable bonds is 3. The number of amides is 1. The minimum Gasteiger partial charge on any atom is -0.444 e. The van der Waals surface area contributed by atoms with Crippen molar-refractivity contribution in [3.63, 3.8) is 0 Å². The van der Waals surface area contributed by atoms with Crippen LogP contribution in [0, 0.1) is 0 Å². The molecule has 0 aromatic carbocycles. The molecule has 1 aliphatic heterocycles. The first-order chi connectivity index (χ1) is 10.4. The molecule has 0 bridgehead atoms. The highest BCUT2D eigenvalue weighted by Gasteiger charge is 2.31. The molecule has 6 nitrogen and oxygen atoms in total. The zero-order valence-corrected chi connectivity index (χ0v) is 14.1. The summed E-state index contributed by atoms with van der Waals surface area (Å²) in [6.45, 7) is 6.20. The molecule has 122 valence electrons. The van der Waals surface area contributed by atoms with E-state index in [-0.39, 0.29) is 12.1 Å². The molecule has 1 saturated heterocycles. The maximum absolute atomic E-state index is 12.4. The zero-order valence-electron chi connectivity index (χ0n) is 13.3. The lowest BCUT2D eigenvalue weighted by Gasteiger charge is -2.36. The van der Waals surface area contributed by atoms with Crippen LogP contribution in [0.5, 0.6) is 0 Å². The van der Waals surface area contributed by atoms with E-state index in [1.165, 1.54) is 12.4 Å². The molecule has 1 aromatic heterocycles. The van der Waals surface area contributed by atoms with Gasteiger partial charge in [-0.2, -0.15) is 0 Å². The van der Waals surface area contributed by atoms with Crippen molar-refractivity contribution in [2.45, 2.75) is 56.7 Å². The first-order valence-electron chi connectivity index (χ1n) is 7.51. The molecular weight excluding hydrogens is 302 g/mol. The molecule has 0 spiro atoms. The summed E-state index contributed by atoms with van der Waals surface area (Å²) in [6.07, 6.45) is 7.08. The number of aromatic nitrogens is 2. The van der Waals surface area contributed by atoms with Crippen LogP contribution in [0.25, 0.3) is 0 Å². The van der Waals surface area contributed by atoms with Crippen LogP contribution in [0.2, 0.25) is 0 Å². The summed E-state index contributed by atoms with van der Waals surface area (Å²) in [6, 6.07) is -0.0774. The van der Waals surface area contributed by atoms with E-state index in [4.69, 9.17) is 4.74 Å². The van der Waals surface area contributed by atoms with E-state index in [1.54, 1.807) is 11.1 Å². The minimum atomic E-state index is -1.26. The molecule has 1 amide bonds. The van der Waals surface area contributed by atoms with Crippen LogP contribution in [0.1, 0.15) is 40.0 Å². The molecule has 2 atom stereocenters. The van der Waals surface area contributed by atoms with Gasteiger partial charge in [0, 0.05) is 25.0 Å². The van der Waals surface area contributed by atoms with E-state index in [2.05, 4.69) is 9.97 Å². The van der Waals surface area contributed by atoms with Gasteiger partial charge in [0.1, 0.15) is 10.6 Å². The highest BCUT2D eigenvalue weighted by atomic mass is 32.2. The lowest BCUT2D eigenvalue weighted by Crippen LogP contribution is -2.48. The molecule has 0 N–H and O–H groups in total. The third-order valence-corrected chi connectivity index (χ3v) is 4.74. The number of likely N-dealkylation sites (tertiary alicyclic amines) is 1. The highest BCUT2D eigenvalue weighted by Crippen LogP contribution is 2.22. The Labute approximate surface area is 133 Å². The van der Waals surface area contributed by atoms with Crippen LogP contribution in [0.15, 0.2) is 23.6 Å². The van der Waals surface area contributed by atoms with Crippen LogP contribution < -0.4 is 0 Å². The van der Waals surface area contributed by atoms with E-state index in [0.717, 1.165) is 19.3 Å². The smallest absolute Gasteiger partial charge is 0.410 e. The van der Waals surface area contributed by atoms with Crippen molar-refractivity contribution in [2.24, 2.45) is 0 Å². The summed E-state index contributed by atoms with van der Waals surface area (Å²) < 4.78 is 17.9. The van der Waals surface area contributed by atoms with Crippen molar-refractivity contribution in [1.82, 2.24) is 14.9 Å². The fraction of sp³-hybridized carbons (Fsp3) is 0.667. The van der Waals surface area contributed by atoms with Crippen LogP contribution in [0.4, 0.5) is 4.79 Å². The molecule has 7 heteroatoms. The number of ether oxygens (including phenoxy) is 1. The second-order valence-corrected chi connectivity index (χ2v) is 7.82. The molecule has 2 rings (SSSR count). The standard InChI is InChI=1S/C15H23N3O3S/c1-15(2,3)21-14(19)18-9-5-4-6-12(18)11-22(20)13-10-16-7-8-17-13/h7-8,10,12H,4-6,9,11H2,1-3H3. The number of piperidine rings is 1. The minimum absolute atomic E-state index is 0.0774. The fourth-order valence-corrected chi connectivity index (χ4v) is 3.62. The van der Waals surface area contributed by atoms with Gasteiger partial charge in [0.15, 0.2) is 0 Å². The van der Waals surface area contributed by atoms with E-state index in [1.807, 2.05) is 20.8 Å². The summed E-state index contributed by atoms with van der Waals surface area (Å²) in [5.41, 5.74) is -0.525. The van der Waals surface area contributed by atoms with Gasteiger partial charge in [-0.05, 0) is 40.0 Å². The molecule has 0 saturated carbocycles. The van der Waals surface area contributed by atoms with Gasteiger partial charge in [0.05, 0.1) is 22.7 Å². The lowest BCUT2D eigenvalue weighted by atomic mass is 10.0. The van der Waals surface area contributed by atoms with Gasteiger partial charge in [-0.3, -0.25) is 9.19 Å². The first-order valence-corrected chi connectivity index (χ1v) is 8.83. The molecular formula is C15H23N3O3S. The Bertz CT molecular complexity index is 531. The van der Waals surface area contributed by atoms with Gasteiger partial charge in [-0.15, -0.1) is 0 Å². The lowest BCUT2D eigenvalue weighted by molar-refractivity contribution is 0.0125. The third kappa shape index (κ3) is 4.76. The van der Waals surface area contributed by atoms with Crippen molar-refractivity contribution in [2.75, 3.05) is 12.3 Å². The average molecular weight is 325 g/mol. The normalized spacial score (nSPS) is 20.5. The van der Waals surface area contributed by atoms with E-state index in [9.17, 15) is 9.00 Å². The van der Waals surface area contributed by atoms with Crippen molar-refractivity contribution in [3.8, 4) is 0 Å². The Balaban J connectivity index is 2.04. The zero-order chi connectivity index (χ0) is 16.2. The molecule has 1 aromatic rings. The predicted octanol–water partition coefficient (Wildman–Crippen LogP) is 2.37. The number of carbonyl (C=O) groups excluding carboxylic acids is 1. The Morgan fingerprint density at radius 3 is 2.82 bits per heavy atom. The van der Waals surface area contributed by atoms with E-state index < -0.39 is 16.4 Å². The maximum atomic E-state index is 12.4. The molecule has 2 heterocycles. The van der Waals surface area contributed by atoms with Gasteiger partial charge in [0.2, 0.25) is 0 Å². The van der Waals surface area contributed by atoms with Gasteiger partial charge in [-0.1, -0.05) is 0 Å². The summed E-state index contributed by atoms with van der Waals surface area (Å²) in [5, 5.41) is 0.456. The summed E-state index contributed by atoms with van der Waals surface area (Å²) >= 11 is 0. The molecule has 0 aliphatic carbocycles. The van der Waals surface area contributed by atoms with Crippen molar-refractivity contribution >= 4 is 16.9 Å². The summed E-state index contributed by atoms with van der Waals surface area (Å²) in [5.74, 6) is 0.373. The third-order valence-electron chi connectivity index (χ3n) is 3.37. The van der Waals surface area contributed by atoms with E-state index >= 15 is 0 Å². The molecule has 1 aliphatic rings. The van der Waals surface area contributed by atoms with E-state index in [0.29, 0.717) is 17.3 Å². The van der Waals surface area contributed by atoms with Crippen molar-refractivity contribution in [1.29, 1.82) is 0 Å². The molecule has 0 radical (unpaired) electrons. The first kappa shape index (κ1) is 16.9. The number of carbonyl (C=O) groups is 1. The Kier molecular flexibility index (Phi) is 5.50. The summed E-state index contributed by atoms with van der Waals surface area (Å²) in [7, 11) is -1.26. The van der Waals surface area contributed by atoms with Crippen LogP contribution in [0.3, 0.4) is 0 Å². The number of nitrogens with zero attached hydrogens (tertiary/aromatic N) is 3. The largest absolute Gasteiger partial charge is 0.444 e. The average Bonchev–Trinajstić information content (AvgIpc) is 2.47. The van der Waals surface area contributed by atoms with Gasteiger partial charge in [-0.25, -0.2) is 9.78 Å². The number of hydrogen-bond donors (Lipinski definition) is 0. The van der Waals surface area contributed by atoms with Crippen molar-refractivity contribution in [3.05, 3.63) is 18.6 Å². The van der Waals surface area contributed by atoms with Gasteiger partial charge in [0.25, 0.3) is 0 Å². The predicted molar refractivity (Wildman–Crippen MR) is 83.9 cm³/mol. The Morgan fingerprint density at radius 1 is 1.41 bits per heavy atom. The second kappa shape index (κ2) is 7.17. The Hall–Kier alpha value is -1.50. The highest BCUT2D eigenvalue weighted by molar-refractivity contribution is 7.85. The van der Waals surface area contributed by atoms with Gasteiger partial charge >= 0.3 is 6.09 Å². The second-order valence-electron chi connectivity index (χ2n) is 6.38. The topological polar surface area (TPSA) is 72.4 Å². The molecule has 1 fully saturated rings. The van der Waals surface area contributed by atoms with Crippen LogP contribution >= 0.6 is 0 Å². The van der Waals surface area contributed by atoms with Crippen LogP contribution in [-0.2, 0) is 15.5 Å². The quantitative estimate of drug-likeness (QED) is 0.853. The molecule has 22 heavy (non-hydrogen) atoms. The summed E-state index contributed by atoms with van der Waals surface area (Å²) in [4.78, 5) is 22.0. The molecule has 2 unspecified atom stereocenters. The SMILES string of the molecule is CC(C)(C)OC(=O)N1CCCCC1CS(=O)c1cnccn1. The van der Waals surface area contributed by atoms with Gasteiger partial charge < -0.3 is 9.64 Å². The fourth-order valence-electron chi connectivity index (χ4n) is 2.40. The van der Waals surface area contributed by atoms with Crippen LogP contribution in [-0.4, -0.2) is 49.1 Å². The van der Waals surface area contributed by atoms with Crippen molar-refractivity contribution < 1.29 is 13.7 Å². The Morgan fingerprint density at radius 2 is 2.18 bits per heavy atom. The maximum Gasteiger partial charge on any atom is 0.410 e.